The molecule has 170 valence electrons. The summed E-state index contributed by atoms with van der Waals surface area (Å²) in [6.45, 7) is 3.29. The van der Waals surface area contributed by atoms with E-state index < -0.39 is 5.82 Å². The van der Waals surface area contributed by atoms with Gasteiger partial charge in [0.25, 0.3) is 0 Å². The molecule has 0 radical (unpaired) electrons. The van der Waals surface area contributed by atoms with Crippen LogP contribution in [0.4, 0.5) is 15.9 Å². The molecule has 32 heavy (non-hydrogen) atoms. The lowest BCUT2D eigenvalue weighted by atomic mass is 10.1. The fourth-order valence-electron chi connectivity index (χ4n) is 3.76. The first-order valence-electron chi connectivity index (χ1n) is 10.6. The Morgan fingerprint density at radius 1 is 1.19 bits per heavy atom. The maximum atomic E-state index is 13.5. The first-order valence-corrected chi connectivity index (χ1v) is 11.0. The van der Waals surface area contributed by atoms with E-state index >= 15 is 0 Å². The molecule has 2 aromatic carbocycles. The highest BCUT2D eigenvalue weighted by Crippen LogP contribution is 2.35. The number of benzene rings is 2. The van der Waals surface area contributed by atoms with Crippen molar-refractivity contribution in [3.05, 3.63) is 47.5 Å². The summed E-state index contributed by atoms with van der Waals surface area (Å²) < 4.78 is 25.0. The van der Waals surface area contributed by atoms with Crippen LogP contribution in [-0.4, -0.2) is 59.4 Å². The van der Waals surface area contributed by atoms with Gasteiger partial charge in [-0.05, 0) is 43.5 Å². The zero-order valence-corrected chi connectivity index (χ0v) is 18.6. The van der Waals surface area contributed by atoms with E-state index in [1.807, 2.05) is 6.07 Å². The van der Waals surface area contributed by atoms with Crippen molar-refractivity contribution >= 4 is 34.0 Å². The van der Waals surface area contributed by atoms with Crippen molar-refractivity contribution in [3.63, 3.8) is 0 Å². The summed E-state index contributed by atoms with van der Waals surface area (Å²) in [5.74, 6) is 1.26. The average molecular weight is 461 g/mol. The number of methoxy groups -OCH3 is 1. The molecule has 4 rings (SSSR count). The number of aliphatic hydroxyl groups excluding tert-OH is 1. The van der Waals surface area contributed by atoms with Gasteiger partial charge in [-0.2, -0.15) is 0 Å². The number of fused-ring (bicyclic) bond motifs is 1. The molecule has 9 heteroatoms. The van der Waals surface area contributed by atoms with Gasteiger partial charge >= 0.3 is 0 Å². The summed E-state index contributed by atoms with van der Waals surface area (Å²) in [5.41, 5.74) is 1.30. The Morgan fingerprint density at radius 3 is 2.75 bits per heavy atom. The number of hydrogen-bond acceptors (Lipinski definition) is 7. The van der Waals surface area contributed by atoms with E-state index in [4.69, 9.17) is 21.1 Å². The van der Waals surface area contributed by atoms with Gasteiger partial charge in [-0.1, -0.05) is 11.6 Å². The number of aliphatic hydroxyl groups is 1. The lowest BCUT2D eigenvalue weighted by Gasteiger charge is -2.29. The van der Waals surface area contributed by atoms with Crippen molar-refractivity contribution in [2.24, 2.45) is 0 Å². The molecule has 0 bridgehead atoms. The summed E-state index contributed by atoms with van der Waals surface area (Å²) in [5, 5.41) is 13.6. The van der Waals surface area contributed by atoms with E-state index in [0.29, 0.717) is 35.1 Å². The maximum Gasteiger partial charge on any atom is 0.162 e. The number of anilines is 2. The van der Waals surface area contributed by atoms with Gasteiger partial charge in [-0.3, -0.25) is 0 Å². The van der Waals surface area contributed by atoms with Crippen LogP contribution in [0.1, 0.15) is 19.3 Å². The fraction of sp³-hybridized carbons (Fsp3) is 0.391. The van der Waals surface area contributed by atoms with Crippen molar-refractivity contribution in [2.45, 2.75) is 25.4 Å². The summed E-state index contributed by atoms with van der Waals surface area (Å²) in [6, 6.07) is 8.05. The SMILES string of the molecule is COc1cc2ncnc(Nc3ccc(F)c(Cl)c3)c2cc1OCCCN1CCC(O)CC1. The van der Waals surface area contributed by atoms with Crippen LogP contribution in [0, 0.1) is 5.82 Å². The van der Waals surface area contributed by atoms with Gasteiger partial charge in [-0.15, -0.1) is 0 Å². The van der Waals surface area contributed by atoms with Gasteiger partial charge in [0.2, 0.25) is 0 Å². The van der Waals surface area contributed by atoms with Crippen LogP contribution in [0.5, 0.6) is 11.5 Å². The first-order chi connectivity index (χ1) is 15.5. The van der Waals surface area contributed by atoms with E-state index in [9.17, 15) is 9.50 Å². The summed E-state index contributed by atoms with van der Waals surface area (Å²) >= 11 is 5.90. The van der Waals surface area contributed by atoms with Crippen LogP contribution in [0.15, 0.2) is 36.7 Å². The first kappa shape index (κ1) is 22.5. The smallest absolute Gasteiger partial charge is 0.162 e. The summed E-state index contributed by atoms with van der Waals surface area (Å²) in [7, 11) is 1.59. The molecule has 1 aromatic heterocycles. The Kier molecular flexibility index (Phi) is 7.24. The maximum absolute atomic E-state index is 13.5. The number of likely N-dealkylation sites (tertiary alicyclic amines) is 1. The van der Waals surface area contributed by atoms with Gasteiger partial charge < -0.3 is 24.8 Å². The van der Waals surface area contributed by atoms with Gasteiger partial charge in [-0.25, -0.2) is 14.4 Å². The van der Waals surface area contributed by atoms with Crippen LogP contribution < -0.4 is 14.8 Å². The van der Waals surface area contributed by atoms with E-state index in [1.165, 1.54) is 18.5 Å². The van der Waals surface area contributed by atoms with Crippen LogP contribution >= 0.6 is 11.6 Å². The Hall–Kier alpha value is -2.68. The van der Waals surface area contributed by atoms with Gasteiger partial charge in [0, 0.05) is 36.8 Å². The number of ether oxygens (including phenoxy) is 2. The molecule has 0 unspecified atom stereocenters. The topological polar surface area (TPSA) is 79.7 Å². The van der Waals surface area contributed by atoms with Gasteiger partial charge in [0.1, 0.15) is 18.0 Å². The van der Waals surface area contributed by atoms with Crippen LogP contribution in [0.2, 0.25) is 5.02 Å². The summed E-state index contributed by atoms with van der Waals surface area (Å²) in [6.07, 6.45) is 3.80. The van der Waals surface area contributed by atoms with Crippen molar-refractivity contribution in [1.29, 1.82) is 0 Å². The highest BCUT2D eigenvalue weighted by molar-refractivity contribution is 6.31. The monoisotopic (exact) mass is 460 g/mol. The van der Waals surface area contributed by atoms with Crippen LogP contribution in [0.3, 0.4) is 0 Å². The Labute approximate surface area is 191 Å². The molecule has 1 fully saturated rings. The second-order valence-electron chi connectivity index (χ2n) is 7.77. The van der Waals surface area contributed by atoms with Crippen molar-refractivity contribution < 1.29 is 19.0 Å². The van der Waals surface area contributed by atoms with E-state index in [1.54, 1.807) is 19.2 Å². The predicted molar refractivity (Wildman–Crippen MR) is 123 cm³/mol. The average Bonchev–Trinajstić information content (AvgIpc) is 2.80. The fourth-order valence-corrected chi connectivity index (χ4v) is 3.94. The van der Waals surface area contributed by atoms with Crippen molar-refractivity contribution in [1.82, 2.24) is 14.9 Å². The largest absolute Gasteiger partial charge is 0.493 e. The number of halogens is 2. The number of piperidine rings is 1. The molecule has 0 amide bonds. The number of aromatic nitrogens is 2. The molecule has 0 saturated carbocycles. The molecule has 0 atom stereocenters. The quantitative estimate of drug-likeness (QED) is 0.482. The predicted octanol–water partition coefficient (Wildman–Crippen LogP) is 4.40. The minimum Gasteiger partial charge on any atom is -0.493 e. The second kappa shape index (κ2) is 10.3. The standard InChI is InChI=1S/C23H26ClFN4O3/c1-31-21-13-20-17(12-22(21)32-10-2-7-29-8-5-16(30)6-9-29)23(27-14-26-20)28-15-3-4-19(25)18(24)11-15/h3-4,11-14,16,30H,2,5-10H2,1H3,(H,26,27,28). The highest BCUT2D eigenvalue weighted by atomic mass is 35.5. The van der Waals surface area contributed by atoms with Crippen molar-refractivity contribution in [3.8, 4) is 11.5 Å². The number of rotatable bonds is 8. The Bertz CT molecular complexity index is 1080. The molecule has 1 aliphatic rings. The van der Waals surface area contributed by atoms with E-state index in [-0.39, 0.29) is 11.1 Å². The normalized spacial score (nSPS) is 15.1. The highest BCUT2D eigenvalue weighted by Gasteiger charge is 2.17. The number of nitrogens with zero attached hydrogens (tertiary/aromatic N) is 3. The number of nitrogens with one attached hydrogen (secondary N) is 1. The second-order valence-corrected chi connectivity index (χ2v) is 8.18. The molecular formula is C23H26ClFN4O3. The third-order valence-electron chi connectivity index (χ3n) is 5.54. The molecule has 2 heterocycles. The Morgan fingerprint density at radius 2 is 2.00 bits per heavy atom. The minimum atomic E-state index is -0.481. The molecule has 1 aliphatic heterocycles. The molecule has 7 nitrogen and oxygen atoms in total. The zero-order valence-electron chi connectivity index (χ0n) is 17.9. The van der Waals surface area contributed by atoms with E-state index in [0.717, 1.165) is 44.3 Å². The molecular weight excluding hydrogens is 435 g/mol. The lowest BCUT2D eigenvalue weighted by Crippen LogP contribution is -2.36. The molecule has 1 saturated heterocycles. The van der Waals surface area contributed by atoms with Crippen LogP contribution in [-0.2, 0) is 0 Å². The number of hydrogen-bond donors (Lipinski definition) is 2. The molecule has 3 aromatic rings. The third kappa shape index (κ3) is 5.38. The van der Waals surface area contributed by atoms with Gasteiger partial charge in [0.05, 0.1) is 30.4 Å². The lowest BCUT2D eigenvalue weighted by molar-refractivity contribution is 0.0799. The summed E-state index contributed by atoms with van der Waals surface area (Å²) in [4.78, 5) is 11.0. The molecule has 0 aliphatic carbocycles. The minimum absolute atomic E-state index is 0.0299. The molecule has 0 spiro atoms. The zero-order chi connectivity index (χ0) is 22.5. The third-order valence-corrected chi connectivity index (χ3v) is 5.83. The Balaban J connectivity index is 1.48. The molecule has 2 N–H and O–H groups in total. The van der Waals surface area contributed by atoms with E-state index in [2.05, 4.69) is 20.2 Å². The van der Waals surface area contributed by atoms with Crippen molar-refractivity contribution in [2.75, 3.05) is 38.7 Å². The van der Waals surface area contributed by atoms with Gasteiger partial charge in [0.15, 0.2) is 11.5 Å². The van der Waals surface area contributed by atoms with Crippen LogP contribution in [0.25, 0.3) is 10.9 Å².